The molecule has 1 aromatic heterocycles. The molecule has 1 amide bonds. The van der Waals surface area contributed by atoms with Crippen molar-refractivity contribution >= 4 is 50.2 Å². The molecule has 0 saturated heterocycles. The molecule has 2 aromatic carbocycles. The summed E-state index contributed by atoms with van der Waals surface area (Å²) in [7, 11) is 3.11. The average Bonchev–Trinajstić information content (AvgIpc) is 3.21. The van der Waals surface area contributed by atoms with Crippen molar-refractivity contribution in [2.45, 2.75) is 6.92 Å². The quantitative estimate of drug-likeness (QED) is 0.293. The molecule has 1 N–H and O–H groups in total. The first-order chi connectivity index (χ1) is 15.5. The van der Waals surface area contributed by atoms with Crippen LogP contribution in [0.3, 0.4) is 0 Å². The van der Waals surface area contributed by atoms with Crippen molar-refractivity contribution in [1.29, 1.82) is 0 Å². The number of benzene rings is 2. The highest BCUT2D eigenvalue weighted by atomic mass is 79.9. The lowest BCUT2D eigenvalue weighted by Crippen LogP contribution is -2.12. The van der Waals surface area contributed by atoms with Gasteiger partial charge in [0.1, 0.15) is 10.6 Å². The van der Waals surface area contributed by atoms with Crippen molar-refractivity contribution in [3.8, 4) is 22.6 Å². The van der Waals surface area contributed by atoms with Crippen molar-refractivity contribution in [2.24, 2.45) is 0 Å². The number of hydrogen-bond acceptors (Lipinski definition) is 6. The molecule has 0 bridgehead atoms. The van der Waals surface area contributed by atoms with Crippen LogP contribution >= 0.6 is 27.3 Å². The predicted molar refractivity (Wildman–Crippen MR) is 131 cm³/mol. The van der Waals surface area contributed by atoms with E-state index in [9.17, 15) is 9.59 Å². The summed E-state index contributed by atoms with van der Waals surface area (Å²) in [6.07, 6.45) is 3.06. The van der Waals surface area contributed by atoms with E-state index in [2.05, 4.69) is 21.2 Å². The fourth-order valence-electron chi connectivity index (χ4n) is 2.98. The van der Waals surface area contributed by atoms with Crippen LogP contribution in [0, 0.1) is 0 Å². The van der Waals surface area contributed by atoms with Crippen LogP contribution in [0.15, 0.2) is 58.4 Å². The van der Waals surface area contributed by atoms with Gasteiger partial charge in [0.15, 0.2) is 11.5 Å². The second-order valence-corrected chi connectivity index (χ2v) is 8.31. The summed E-state index contributed by atoms with van der Waals surface area (Å²) in [5.74, 6) is 0.324. The van der Waals surface area contributed by atoms with E-state index in [0.29, 0.717) is 27.6 Å². The lowest BCUT2D eigenvalue weighted by atomic mass is 10.0. The maximum atomic E-state index is 12.7. The second-order valence-electron chi connectivity index (χ2n) is 6.52. The van der Waals surface area contributed by atoms with Crippen LogP contribution in [-0.2, 0) is 9.53 Å². The number of carbonyl (C=O) groups is 2. The first-order valence-corrected chi connectivity index (χ1v) is 11.4. The van der Waals surface area contributed by atoms with Crippen LogP contribution in [0.1, 0.15) is 22.8 Å². The molecule has 0 unspecified atom stereocenters. The molecule has 8 heteroatoms. The van der Waals surface area contributed by atoms with Crippen LogP contribution < -0.4 is 14.8 Å². The Morgan fingerprint density at radius 3 is 2.44 bits per heavy atom. The number of anilines is 1. The minimum atomic E-state index is -0.481. The number of thiophene rings is 1. The minimum Gasteiger partial charge on any atom is -0.493 e. The number of rotatable bonds is 8. The molecule has 0 spiro atoms. The Kier molecular flexibility index (Phi) is 8.08. The van der Waals surface area contributed by atoms with Crippen LogP contribution in [0.5, 0.6) is 11.5 Å². The van der Waals surface area contributed by atoms with E-state index >= 15 is 0 Å². The largest absolute Gasteiger partial charge is 0.493 e. The molecule has 3 rings (SSSR count). The number of carbonyl (C=O) groups excluding carboxylic acids is 2. The molecule has 166 valence electrons. The van der Waals surface area contributed by atoms with Gasteiger partial charge < -0.3 is 19.5 Å². The number of hydrogen-bond donors (Lipinski definition) is 1. The van der Waals surface area contributed by atoms with Crippen LogP contribution in [0.25, 0.3) is 17.2 Å². The molecule has 0 saturated carbocycles. The third-order valence-corrected chi connectivity index (χ3v) is 5.92. The van der Waals surface area contributed by atoms with Crippen LogP contribution in [-0.4, -0.2) is 32.7 Å². The first kappa shape index (κ1) is 23.6. The fraction of sp³-hybridized carbons (Fsp3) is 0.167. The van der Waals surface area contributed by atoms with Gasteiger partial charge in [0.25, 0.3) is 0 Å². The summed E-state index contributed by atoms with van der Waals surface area (Å²) in [6.45, 7) is 1.98. The Balaban J connectivity index is 1.84. The van der Waals surface area contributed by atoms with Crippen molar-refractivity contribution in [3.63, 3.8) is 0 Å². The number of halogens is 1. The number of amides is 1. The zero-order valence-corrected chi connectivity index (χ0v) is 20.2. The molecule has 0 radical (unpaired) electrons. The number of nitrogens with one attached hydrogen (secondary N) is 1. The Morgan fingerprint density at radius 1 is 1.06 bits per heavy atom. The Bertz CT molecular complexity index is 1140. The van der Waals surface area contributed by atoms with Gasteiger partial charge in [-0.05, 0) is 48.4 Å². The summed E-state index contributed by atoms with van der Waals surface area (Å²) in [6, 6.07) is 12.9. The van der Waals surface area contributed by atoms with Gasteiger partial charge >= 0.3 is 5.97 Å². The third kappa shape index (κ3) is 5.57. The van der Waals surface area contributed by atoms with E-state index in [-0.39, 0.29) is 12.5 Å². The molecular weight excluding hydrogens is 494 g/mol. The van der Waals surface area contributed by atoms with Gasteiger partial charge in [-0.15, -0.1) is 11.3 Å². The van der Waals surface area contributed by atoms with E-state index in [4.69, 9.17) is 14.2 Å². The number of ether oxygens (including phenoxy) is 3. The zero-order valence-electron chi connectivity index (χ0n) is 17.8. The molecule has 0 aliphatic carbocycles. The maximum absolute atomic E-state index is 12.7. The molecule has 3 aromatic rings. The summed E-state index contributed by atoms with van der Waals surface area (Å²) in [5.41, 5.74) is 2.67. The minimum absolute atomic E-state index is 0.237. The van der Waals surface area contributed by atoms with Crippen molar-refractivity contribution in [2.75, 3.05) is 26.1 Å². The second kappa shape index (κ2) is 11.0. The van der Waals surface area contributed by atoms with Crippen molar-refractivity contribution < 1.29 is 23.8 Å². The highest BCUT2D eigenvalue weighted by Crippen LogP contribution is 2.37. The molecule has 0 atom stereocenters. The van der Waals surface area contributed by atoms with Gasteiger partial charge in [0.2, 0.25) is 5.91 Å². The Hall–Kier alpha value is -3.10. The molecule has 1 heterocycles. The summed E-state index contributed by atoms with van der Waals surface area (Å²) in [5, 5.41) is 5.07. The smallest absolute Gasteiger partial charge is 0.341 e. The fourth-order valence-corrected chi connectivity index (χ4v) is 4.20. The van der Waals surface area contributed by atoms with Gasteiger partial charge in [0.05, 0.1) is 20.8 Å². The summed E-state index contributed by atoms with van der Waals surface area (Å²) in [4.78, 5) is 25.2. The maximum Gasteiger partial charge on any atom is 0.341 e. The SMILES string of the molecule is CCOC(=O)c1c(-c2ccc(Br)cc2)csc1NC(=O)C=Cc1ccc(OC)c(OC)c1. The van der Waals surface area contributed by atoms with E-state index in [1.807, 2.05) is 35.7 Å². The molecule has 32 heavy (non-hydrogen) atoms. The summed E-state index contributed by atoms with van der Waals surface area (Å²) >= 11 is 4.69. The highest BCUT2D eigenvalue weighted by molar-refractivity contribution is 9.10. The predicted octanol–water partition coefficient (Wildman–Crippen LogP) is 6.02. The molecule has 0 fully saturated rings. The Labute approximate surface area is 198 Å². The van der Waals surface area contributed by atoms with Crippen molar-refractivity contribution in [1.82, 2.24) is 0 Å². The normalized spacial score (nSPS) is 10.8. The van der Waals surface area contributed by atoms with Gasteiger partial charge in [-0.2, -0.15) is 0 Å². The molecule has 0 aliphatic rings. The van der Waals surface area contributed by atoms with E-state index < -0.39 is 5.97 Å². The topological polar surface area (TPSA) is 73.9 Å². The standard InChI is InChI=1S/C24H22BrNO5S/c1-4-31-24(28)22-18(16-7-9-17(25)10-8-16)14-32-23(22)26-21(27)12-6-15-5-11-19(29-2)20(13-15)30-3/h5-14H,4H2,1-3H3,(H,26,27). The Morgan fingerprint density at radius 2 is 1.78 bits per heavy atom. The van der Waals surface area contributed by atoms with Gasteiger partial charge in [0, 0.05) is 21.5 Å². The van der Waals surface area contributed by atoms with E-state index in [0.717, 1.165) is 15.6 Å². The summed E-state index contributed by atoms with van der Waals surface area (Å²) < 4.78 is 16.7. The van der Waals surface area contributed by atoms with E-state index in [1.54, 1.807) is 39.4 Å². The number of esters is 1. The zero-order chi connectivity index (χ0) is 23.1. The van der Waals surface area contributed by atoms with Gasteiger partial charge in [-0.3, -0.25) is 4.79 Å². The molecule has 6 nitrogen and oxygen atoms in total. The lowest BCUT2D eigenvalue weighted by molar-refractivity contribution is -0.111. The first-order valence-electron chi connectivity index (χ1n) is 9.72. The molecular formula is C24H22BrNO5S. The average molecular weight is 516 g/mol. The van der Waals surface area contributed by atoms with Crippen LogP contribution in [0.4, 0.5) is 5.00 Å². The number of methoxy groups -OCH3 is 2. The van der Waals surface area contributed by atoms with Crippen molar-refractivity contribution in [3.05, 3.63) is 69.5 Å². The van der Waals surface area contributed by atoms with Gasteiger partial charge in [-0.1, -0.05) is 34.1 Å². The third-order valence-electron chi connectivity index (χ3n) is 4.50. The van der Waals surface area contributed by atoms with Crippen LogP contribution in [0.2, 0.25) is 0 Å². The molecule has 0 aliphatic heterocycles. The van der Waals surface area contributed by atoms with E-state index in [1.165, 1.54) is 17.4 Å². The monoisotopic (exact) mass is 515 g/mol. The van der Waals surface area contributed by atoms with Gasteiger partial charge in [-0.25, -0.2) is 4.79 Å². The highest BCUT2D eigenvalue weighted by Gasteiger charge is 2.22. The lowest BCUT2D eigenvalue weighted by Gasteiger charge is -2.08.